The minimum atomic E-state index is -0.360. The van der Waals surface area contributed by atoms with Crippen LogP contribution in [0.2, 0.25) is 10.0 Å². The van der Waals surface area contributed by atoms with Crippen LogP contribution in [0.4, 0.5) is 0 Å². The van der Waals surface area contributed by atoms with E-state index in [0.29, 0.717) is 39.1 Å². The Bertz CT molecular complexity index is 1010. The highest BCUT2D eigenvalue weighted by atomic mass is 35.5. The Morgan fingerprint density at radius 3 is 2.56 bits per heavy atom. The summed E-state index contributed by atoms with van der Waals surface area (Å²) >= 11 is 13.4. The number of halogens is 2. The molecule has 0 spiro atoms. The van der Waals surface area contributed by atoms with Crippen molar-refractivity contribution in [2.24, 2.45) is 11.8 Å². The van der Waals surface area contributed by atoms with Gasteiger partial charge in [-0.25, -0.2) is 0 Å². The van der Waals surface area contributed by atoms with E-state index in [4.69, 9.17) is 23.2 Å². The maximum Gasteiger partial charge on any atom is 0.251 e. The summed E-state index contributed by atoms with van der Waals surface area (Å²) in [6.07, 6.45) is 4.61. The number of benzene rings is 1. The topological polar surface area (TPSA) is 88.9 Å². The Labute approximate surface area is 215 Å². The molecule has 0 bridgehead atoms. The first-order valence-electron chi connectivity index (χ1n) is 11.8. The van der Waals surface area contributed by atoms with Gasteiger partial charge in [0.1, 0.15) is 0 Å². The first kappa shape index (κ1) is 26.8. The van der Waals surface area contributed by atoms with Crippen LogP contribution in [0.15, 0.2) is 23.4 Å². The summed E-state index contributed by atoms with van der Waals surface area (Å²) in [7, 11) is 0. The smallest absolute Gasteiger partial charge is 0.251 e. The highest BCUT2D eigenvalue weighted by Gasteiger charge is 2.27. The van der Waals surface area contributed by atoms with E-state index >= 15 is 0 Å². The second-order valence-corrected chi connectivity index (χ2v) is 10.9. The van der Waals surface area contributed by atoms with E-state index in [1.165, 1.54) is 24.6 Å². The average Bonchev–Trinajstić information content (AvgIpc) is 3.21. The van der Waals surface area contributed by atoms with Crippen molar-refractivity contribution >= 4 is 46.8 Å². The second-order valence-electron chi connectivity index (χ2n) is 9.13. The monoisotopic (exact) mass is 525 g/mol. The molecule has 0 radical (unpaired) electrons. The number of nitrogens with one attached hydrogen (secondary N) is 2. The van der Waals surface area contributed by atoms with Gasteiger partial charge in [0, 0.05) is 18.2 Å². The molecule has 1 aliphatic carbocycles. The van der Waals surface area contributed by atoms with Crippen LogP contribution in [-0.4, -0.2) is 38.4 Å². The zero-order valence-corrected chi connectivity index (χ0v) is 22.4. The molecule has 186 valence electrons. The molecule has 0 aliphatic heterocycles. The van der Waals surface area contributed by atoms with Crippen molar-refractivity contribution in [1.82, 2.24) is 25.4 Å². The number of rotatable bonds is 9. The van der Waals surface area contributed by atoms with Crippen LogP contribution in [0, 0.1) is 11.8 Å². The molecule has 0 saturated heterocycles. The molecule has 10 heteroatoms. The predicted octanol–water partition coefficient (Wildman–Crippen LogP) is 5.52. The summed E-state index contributed by atoms with van der Waals surface area (Å²) < 4.78 is 1.96. The number of hydrogen-bond donors (Lipinski definition) is 2. The van der Waals surface area contributed by atoms with Crippen molar-refractivity contribution in [2.75, 3.05) is 5.75 Å². The SMILES string of the molecule is CCn1c(SCC(=O)N[C@@H]2CCCC[C@@H]2C)nnc1[C@@H](NC(=O)c1ccc(Cl)c(Cl)c1)C(C)C. The molecule has 2 amide bonds. The van der Waals surface area contributed by atoms with Crippen LogP contribution in [0.1, 0.15) is 75.6 Å². The molecule has 1 aromatic carbocycles. The fraction of sp³-hybridized carbons (Fsp3) is 0.583. The minimum absolute atomic E-state index is 0.0179. The summed E-state index contributed by atoms with van der Waals surface area (Å²) in [5, 5.41) is 16.4. The molecular formula is C24H33Cl2N5O2S. The third kappa shape index (κ3) is 6.67. The van der Waals surface area contributed by atoms with Crippen molar-refractivity contribution in [3.05, 3.63) is 39.6 Å². The molecular weight excluding hydrogens is 493 g/mol. The van der Waals surface area contributed by atoms with Crippen molar-refractivity contribution in [3.8, 4) is 0 Å². The Morgan fingerprint density at radius 1 is 1.18 bits per heavy atom. The van der Waals surface area contributed by atoms with Gasteiger partial charge in [-0.05, 0) is 49.8 Å². The first-order valence-corrected chi connectivity index (χ1v) is 13.6. The third-order valence-corrected chi connectivity index (χ3v) is 7.97. The largest absolute Gasteiger partial charge is 0.352 e. The summed E-state index contributed by atoms with van der Waals surface area (Å²) in [6, 6.07) is 4.68. The van der Waals surface area contributed by atoms with Gasteiger partial charge in [0.05, 0.1) is 21.8 Å². The first-order chi connectivity index (χ1) is 16.2. The lowest BCUT2D eigenvalue weighted by Crippen LogP contribution is -2.41. The van der Waals surface area contributed by atoms with Gasteiger partial charge in [0.2, 0.25) is 5.91 Å². The van der Waals surface area contributed by atoms with Gasteiger partial charge in [0.15, 0.2) is 11.0 Å². The lowest BCUT2D eigenvalue weighted by molar-refractivity contribution is -0.119. The molecule has 2 aromatic rings. The molecule has 1 aliphatic rings. The molecule has 2 N–H and O–H groups in total. The third-order valence-electron chi connectivity index (χ3n) is 6.27. The van der Waals surface area contributed by atoms with E-state index in [2.05, 4.69) is 27.8 Å². The number of nitrogens with zero attached hydrogens (tertiary/aromatic N) is 3. The minimum Gasteiger partial charge on any atom is -0.352 e. The van der Waals surface area contributed by atoms with Crippen LogP contribution in [-0.2, 0) is 11.3 Å². The van der Waals surface area contributed by atoms with Gasteiger partial charge in [0.25, 0.3) is 5.91 Å². The molecule has 34 heavy (non-hydrogen) atoms. The molecule has 1 aromatic heterocycles. The Kier molecular flexibility index (Phi) is 9.68. The van der Waals surface area contributed by atoms with Crippen molar-refractivity contribution in [3.63, 3.8) is 0 Å². The summed E-state index contributed by atoms with van der Waals surface area (Å²) in [5.74, 6) is 1.27. The van der Waals surface area contributed by atoms with Crippen LogP contribution < -0.4 is 10.6 Å². The van der Waals surface area contributed by atoms with E-state index in [-0.39, 0.29) is 35.6 Å². The molecule has 7 nitrogen and oxygen atoms in total. The maximum atomic E-state index is 12.9. The highest BCUT2D eigenvalue weighted by molar-refractivity contribution is 7.99. The maximum absolute atomic E-state index is 12.9. The molecule has 3 atom stereocenters. The highest BCUT2D eigenvalue weighted by Crippen LogP contribution is 2.28. The normalized spacial score (nSPS) is 19.1. The van der Waals surface area contributed by atoms with Crippen LogP contribution in [0.25, 0.3) is 0 Å². The average molecular weight is 527 g/mol. The van der Waals surface area contributed by atoms with Crippen molar-refractivity contribution < 1.29 is 9.59 Å². The number of amides is 2. The van der Waals surface area contributed by atoms with Crippen LogP contribution in [0.5, 0.6) is 0 Å². The second kappa shape index (κ2) is 12.3. The lowest BCUT2D eigenvalue weighted by Gasteiger charge is -2.29. The van der Waals surface area contributed by atoms with E-state index < -0.39 is 0 Å². The molecule has 1 saturated carbocycles. The van der Waals surface area contributed by atoms with Crippen molar-refractivity contribution in [1.29, 1.82) is 0 Å². The number of carbonyl (C=O) groups excluding carboxylic acids is 2. The van der Waals surface area contributed by atoms with Gasteiger partial charge in [-0.15, -0.1) is 10.2 Å². The fourth-order valence-electron chi connectivity index (χ4n) is 4.23. The Hall–Kier alpha value is -1.77. The Balaban J connectivity index is 1.69. The quantitative estimate of drug-likeness (QED) is 0.420. The number of aromatic nitrogens is 3. The lowest BCUT2D eigenvalue weighted by atomic mass is 9.86. The zero-order valence-electron chi connectivity index (χ0n) is 20.1. The van der Waals surface area contributed by atoms with Crippen LogP contribution in [0.3, 0.4) is 0 Å². The number of thioether (sulfide) groups is 1. The van der Waals surface area contributed by atoms with Crippen molar-refractivity contribution in [2.45, 2.75) is 77.2 Å². The van der Waals surface area contributed by atoms with E-state index in [9.17, 15) is 9.59 Å². The van der Waals surface area contributed by atoms with E-state index in [0.717, 1.165) is 12.8 Å². The van der Waals surface area contributed by atoms with E-state index in [1.54, 1.807) is 18.2 Å². The Morgan fingerprint density at radius 2 is 1.91 bits per heavy atom. The predicted molar refractivity (Wildman–Crippen MR) is 137 cm³/mol. The van der Waals surface area contributed by atoms with Gasteiger partial charge < -0.3 is 15.2 Å². The fourth-order valence-corrected chi connectivity index (χ4v) is 5.35. The number of hydrogen-bond acceptors (Lipinski definition) is 5. The molecule has 1 heterocycles. The summed E-state index contributed by atoms with van der Waals surface area (Å²) in [4.78, 5) is 25.5. The van der Waals surface area contributed by atoms with Gasteiger partial charge in [-0.3, -0.25) is 9.59 Å². The summed E-state index contributed by atoms with van der Waals surface area (Å²) in [5.41, 5.74) is 0.422. The van der Waals surface area contributed by atoms with Gasteiger partial charge >= 0.3 is 0 Å². The molecule has 1 fully saturated rings. The zero-order chi connectivity index (χ0) is 24.8. The summed E-state index contributed by atoms with van der Waals surface area (Å²) in [6.45, 7) is 8.85. The van der Waals surface area contributed by atoms with Crippen LogP contribution >= 0.6 is 35.0 Å². The van der Waals surface area contributed by atoms with Gasteiger partial charge in [-0.2, -0.15) is 0 Å². The standard InChI is InChI=1S/C24H33Cl2N5O2S/c1-5-31-22(21(14(2)3)28-23(33)16-10-11-17(25)18(26)12-16)29-30-24(31)34-13-20(32)27-19-9-7-6-8-15(19)4/h10-12,14-15,19,21H,5-9,13H2,1-4H3,(H,27,32)(H,28,33)/t15-,19+,21-/m0/s1. The van der Waals surface area contributed by atoms with E-state index in [1.807, 2.05) is 25.3 Å². The molecule has 0 unspecified atom stereocenters. The molecule has 3 rings (SSSR count). The number of carbonyl (C=O) groups is 2. The van der Waals surface area contributed by atoms with Gasteiger partial charge in [-0.1, -0.05) is 68.6 Å².